The number of primary amides is 1. The van der Waals surface area contributed by atoms with Gasteiger partial charge in [-0.25, -0.2) is 0 Å². The van der Waals surface area contributed by atoms with Gasteiger partial charge in [0.25, 0.3) is 5.91 Å². The molecular formula is C23H27N3O7. The molecule has 1 fully saturated rings. The summed E-state index contributed by atoms with van der Waals surface area (Å²) in [5, 5.41) is 43.9. The van der Waals surface area contributed by atoms with Gasteiger partial charge < -0.3 is 31.1 Å². The minimum absolute atomic E-state index is 0.0638. The molecule has 3 aliphatic carbocycles. The SMILES string of the molecule is CN(C)c1ccc(O)c2c1CC1CC3C(N(C)C)C(=O)C(C(N)=O)=C(O)[C@@]3(O)C(=O)C1=C2O. The standard InChI is InChI=1S/C23H27N3O7/c1-25(2)12-5-6-13(27)15-10(12)7-9-8-11-17(26(3)4)19(29)16(22(24)32)21(31)23(11,33)20(30)14(9)18(15)28/h5-6,9,11,17,27-28,31,33H,7-8H2,1-4H3,(H2,24,32)/t9?,11?,17?,23-/m0/s1. The highest BCUT2D eigenvalue weighted by Gasteiger charge is 2.64. The monoisotopic (exact) mass is 457 g/mol. The molecule has 1 aromatic rings. The maximum absolute atomic E-state index is 13.7. The van der Waals surface area contributed by atoms with Gasteiger partial charge >= 0.3 is 0 Å². The van der Waals surface area contributed by atoms with Crippen LogP contribution in [0.2, 0.25) is 0 Å². The van der Waals surface area contributed by atoms with Crippen molar-refractivity contribution in [3.63, 3.8) is 0 Å². The van der Waals surface area contributed by atoms with Crippen molar-refractivity contribution in [2.45, 2.75) is 24.5 Å². The van der Waals surface area contributed by atoms with E-state index < -0.39 is 58.0 Å². The molecule has 10 nitrogen and oxygen atoms in total. The van der Waals surface area contributed by atoms with Crippen molar-refractivity contribution in [2.24, 2.45) is 17.6 Å². The van der Waals surface area contributed by atoms with Crippen molar-refractivity contribution in [3.05, 3.63) is 40.2 Å². The quantitative estimate of drug-likeness (QED) is 0.394. The molecule has 1 amide bonds. The Labute approximate surface area is 190 Å². The molecule has 1 aromatic carbocycles. The number of nitrogens with zero attached hydrogens (tertiary/aromatic N) is 2. The summed E-state index contributed by atoms with van der Waals surface area (Å²) in [6.45, 7) is 0. The molecule has 176 valence electrons. The summed E-state index contributed by atoms with van der Waals surface area (Å²) in [6.07, 6.45) is 0.324. The lowest BCUT2D eigenvalue weighted by Gasteiger charge is -2.50. The van der Waals surface area contributed by atoms with Gasteiger partial charge in [0.1, 0.15) is 22.8 Å². The van der Waals surface area contributed by atoms with Gasteiger partial charge in [-0.15, -0.1) is 0 Å². The molecule has 0 aromatic heterocycles. The van der Waals surface area contributed by atoms with E-state index in [-0.39, 0.29) is 29.7 Å². The molecule has 0 bridgehead atoms. The molecular weight excluding hydrogens is 430 g/mol. The third kappa shape index (κ3) is 2.90. The summed E-state index contributed by atoms with van der Waals surface area (Å²) < 4.78 is 0. The molecule has 0 radical (unpaired) electrons. The first-order valence-corrected chi connectivity index (χ1v) is 10.5. The maximum atomic E-state index is 13.7. The predicted molar refractivity (Wildman–Crippen MR) is 119 cm³/mol. The van der Waals surface area contributed by atoms with Crippen molar-refractivity contribution in [3.8, 4) is 5.75 Å². The van der Waals surface area contributed by atoms with Gasteiger partial charge in [-0.3, -0.25) is 19.3 Å². The summed E-state index contributed by atoms with van der Waals surface area (Å²) >= 11 is 0. The number of phenolic OH excluding ortho intramolecular Hbond substituents is 1. The molecule has 0 aliphatic heterocycles. The Morgan fingerprint density at radius 3 is 2.30 bits per heavy atom. The number of Topliss-reactive ketones (excluding diaryl/α,β-unsaturated/α-hetero) is 2. The van der Waals surface area contributed by atoms with Crippen molar-refractivity contribution in [1.29, 1.82) is 0 Å². The van der Waals surface area contributed by atoms with Crippen LogP contribution < -0.4 is 10.6 Å². The van der Waals surface area contributed by atoms with Crippen LogP contribution in [0.3, 0.4) is 0 Å². The normalized spacial score (nSPS) is 29.1. The zero-order valence-electron chi connectivity index (χ0n) is 18.8. The number of phenols is 1. The highest BCUT2D eigenvalue weighted by Crippen LogP contribution is 2.53. The van der Waals surface area contributed by atoms with E-state index in [2.05, 4.69) is 0 Å². The third-order valence-corrected chi connectivity index (χ3v) is 7.06. The summed E-state index contributed by atoms with van der Waals surface area (Å²) in [5.41, 5.74) is 3.15. The average molecular weight is 457 g/mol. The molecule has 10 heteroatoms. The number of amides is 1. The highest BCUT2D eigenvalue weighted by atomic mass is 16.3. The fourth-order valence-electron chi connectivity index (χ4n) is 5.65. The Balaban J connectivity index is 1.99. The number of benzene rings is 1. The Hall–Kier alpha value is -3.37. The second-order valence-electron chi connectivity index (χ2n) is 9.31. The van der Waals surface area contributed by atoms with E-state index in [1.807, 2.05) is 19.0 Å². The lowest BCUT2D eigenvalue weighted by molar-refractivity contribution is -0.153. The van der Waals surface area contributed by atoms with E-state index in [0.717, 1.165) is 5.69 Å². The van der Waals surface area contributed by atoms with Gasteiger partial charge in [0.2, 0.25) is 5.78 Å². The largest absolute Gasteiger partial charge is 0.508 e. The molecule has 6 N–H and O–H groups in total. The van der Waals surface area contributed by atoms with Crippen LogP contribution in [0.25, 0.3) is 5.76 Å². The van der Waals surface area contributed by atoms with Gasteiger partial charge in [0.15, 0.2) is 11.4 Å². The van der Waals surface area contributed by atoms with Crippen LogP contribution in [0, 0.1) is 11.8 Å². The van der Waals surface area contributed by atoms with Crippen LogP contribution >= 0.6 is 0 Å². The first-order chi connectivity index (χ1) is 15.3. The summed E-state index contributed by atoms with van der Waals surface area (Å²) in [4.78, 5) is 42.0. The van der Waals surface area contributed by atoms with E-state index in [1.165, 1.54) is 11.0 Å². The number of rotatable bonds is 3. The number of hydrogen-bond donors (Lipinski definition) is 5. The average Bonchev–Trinajstić information content (AvgIpc) is 2.70. The summed E-state index contributed by atoms with van der Waals surface area (Å²) in [5.74, 6) is -6.54. The first kappa shape index (κ1) is 22.8. The number of carbonyl (C=O) groups is 3. The number of ketones is 2. The fourth-order valence-corrected chi connectivity index (χ4v) is 5.65. The lowest BCUT2D eigenvalue weighted by Crippen LogP contribution is -2.65. The molecule has 4 atom stereocenters. The van der Waals surface area contributed by atoms with Gasteiger partial charge in [-0.1, -0.05) is 0 Å². The van der Waals surface area contributed by atoms with Crippen LogP contribution in [0.15, 0.2) is 29.0 Å². The molecule has 0 saturated heterocycles. The maximum Gasteiger partial charge on any atom is 0.255 e. The highest BCUT2D eigenvalue weighted by molar-refractivity contribution is 6.24. The molecule has 0 spiro atoms. The number of likely N-dealkylation sites (N-methyl/N-ethyl adjacent to an activating group) is 1. The van der Waals surface area contributed by atoms with Gasteiger partial charge in [-0.05, 0) is 50.6 Å². The number of hydrogen-bond acceptors (Lipinski definition) is 9. The number of aliphatic hydroxyl groups is 3. The van der Waals surface area contributed by atoms with E-state index in [9.17, 15) is 34.8 Å². The first-order valence-electron chi connectivity index (χ1n) is 10.5. The number of aromatic hydroxyl groups is 1. The molecule has 3 aliphatic rings. The van der Waals surface area contributed by atoms with Crippen molar-refractivity contribution in [2.75, 3.05) is 33.1 Å². The number of aliphatic hydroxyl groups excluding tert-OH is 2. The van der Waals surface area contributed by atoms with E-state index >= 15 is 0 Å². The summed E-state index contributed by atoms with van der Waals surface area (Å²) in [6, 6.07) is 2.01. The predicted octanol–water partition coefficient (Wildman–Crippen LogP) is 0.0300. The van der Waals surface area contributed by atoms with Crippen molar-refractivity contribution < 1.29 is 34.8 Å². The van der Waals surface area contributed by atoms with Crippen LogP contribution in [-0.4, -0.2) is 82.6 Å². The zero-order chi connectivity index (χ0) is 24.6. The second-order valence-corrected chi connectivity index (χ2v) is 9.31. The van der Waals surface area contributed by atoms with Crippen LogP contribution in [0.1, 0.15) is 17.5 Å². The Morgan fingerprint density at radius 1 is 1.12 bits per heavy atom. The Bertz CT molecular complexity index is 1170. The van der Waals surface area contributed by atoms with Gasteiger partial charge in [0.05, 0.1) is 11.6 Å². The van der Waals surface area contributed by atoms with Crippen LogP contribution in [0.4, 0.5) is 5.69 Å². The number of fused-ring (bicyclic) bond motifs is 3. The molecule has 0 heterocycles. The molecule has 4 rings (SSSR count). The van der Waals surface area contributed by atoms with Gasteiger partial charge in [-0.2, -0.15) is 0 Å². The summed E-state index contributed by atoms with van der Waals surface area (Å²) in [7, 11) is 6.75. The zero-order valence-corrected chi connectivity index (χ0v) is 18.8. The minimum Gasteiger partial charge on any atom is -0.508 e. The Kier molecular flexibility index (Phi) is 5.06. The topological polar surface area (TPSA) is 165 Å². The smallest absolute Gasteiger partial charge is 0.255 e. The van der Waals surface area contributed by atoms with Crippen LogP contribution in [0.5, 0.6) is 5.75 Å². The fraction of sp³-hybridized carbons (Fsp3) is 0.435. The van der Waals surface area contributed by atoms with E-state index in [1.54, 1.807) is 20.2 Å². The Morgan fingerprint density at radius 2 is 1.76 bits per heavy atom. The van der Waals surface area contributed by atoms with Crippen LogP contribution in [-0.2, 0) is 20.8 Å². The second kappa shape index (κ2) is 7.32. The molecule has 1 saturated carbocycles. The number of carbonyl (C=O) groups excluding carboxylic acids is 3. The van der Waals surface area contributed by atoms with E-state index in [4.69, 9.17) is 5.73 Å². The van der Waals surface area contributed by atoms with E-state index in [0.29, 0.717) is 5.56 Å². The minimum atomic E-state index is -2.63. The number of anilines is 1. The van der Waals surface area contributed by atoms with Crippen molar-refractivity contribution >= 4 is 28.9 Å². The molecule has 3 unspecified atom stereocenters. The molecule has 33 heavy (non-hydrogen) atoms. The van der Waals surface area contributed by atoms with Crippen molar-refractivity contribution in [1.82, 2.24) is 4.90 Å². The van der Waals surface area contributed by atoms with Gasteiger partial charge in [0, 0.05) is 31.3 Å². The number of nitrogens with two attached hydrogens (primary N) is 1. The lowest BCUT2D eigenvalue weighted by atomic mass is 9.57. The third-order valence-electron chi connectivity index (χ3n) is 7.06.